The van der Waals surface area contributed by atoms with Crippen LogP contribution in [0.1, 0.15) is 26.2 Å². The molecule has 1 N–H and O–H groups in total. The quantitative estimate of drug-likeness (QED) is 0.837. The minimum atomic E-state index is -0.108. The summed E-state index contributed by atoms with van der Waals surface area (Å²) >= 11 is 6.08. The molecule has 1 aromatic heterocycles. The fraction of sp³-hybridized carbons (Fsp3) is 0.714. The van der Waals surface area contributed by atoms with Crippen molar-refractivity contribution in [3.8, 4) is 0 Å². The Morgan fingerprint density at radius 2 is 2.30 bits per heavy atom. The lowest BCUT2D eigenvalue weighted by Crippen LogP contribution is -2.32. The molecule has 1 aliphatic rings. The van der Waals surface area contributed by atoms with Gasteiger partial charge >= 0.3 is 0 Å². The van der Waals surface area contributed by atoms with Gasteiger partial charge in [-0.1, -0.05) is 24.9 Å². The maximum Gasteiger partial charge on any atom is 0.291 e. The molecule has 1 heterocycles. The summed E-state index contributed by atoms with van der Waals surface area (Å²) in [6, 6.07) is 0. The molecule has 0 saturated heterocycles. The SMILES string of the molecule is CCN(C)CCNc1c(Cl)cnn(CC2CCC2)c1=O. The van der Waals surface area contributed by atoms with Gasteiger partial charge in [-0.3, -0.25) is 4.79 Å². The van der Waals surface area contributed by atoms with E-state index in [1.807, 2.05) is 7.05 Å². The van der Waals surface area contributed by atoms with Gasteiger partial charge in [-0.2, -0.15) is 5.10 Å². The fourth-order valence-electron chi connectivity index (χ4n) is 2.21. The van der Waals surface area contributed by atoms with Crippen molar-refractivity contribution in [2.75, 3.05) is 32.0 Å². The van der Waals surface area contributed by atoms with Crippen molar-refractivity contribution in [2.45, 2.75) is 32.7 Å². The molecule has 0 aromatic carbocycles. The highest BCUT2D eigenvalue weighted by atomic mass is 35.5. The number of hydrogen-bond donors (Lipinski definition) is 1. The monoisotopic (exact) mass is 298 g/mol. The number of nitrogens with one attached hydrogen (secondary N) is 1. The van der Waals surface area contributed by atoms with Gasteiger partial charge in [0.25, 0.3) is 5.56 Å². The van der Waals surface area contributed by atoms with Crippen LogP contribution in [-0.2, 0) is 6.54 Å². The predicted octanol–water partition coefficient (Wildman–Crippen LogP) is 2.06. The number of anilines is 1. The van der Waals surface area contributed by atoms with Crippen molar-refractivity contribution in [3.05, 3.63) is 21.6 Å². The molecule has 0 radical (unpaired) electrons. The van der Waals surface area contributed by atoms with Gasteiger partial charge in [-0.25, -0.2) is 4.68 Å². The lowest BCUT2D eigenvalue weighted by Gasteiger charge is -2.25. The Morgan fingerprint density at radius 3 is 2.90 bits per heavy atom. The van der Waals surface area contributed by atoms with E-state index in [1.54, 1.807) is 10.9 Å². The predicted molar refractivity (Wildman–Crippen MR) is 82.5 cm³/mol. The second-order valence-corrected chi connectivity index (χ2v) is 5.88. The molecule has 1 saturated carbocycles. The minimum Gasteiger partial charge on any atom is -0.378 e. The number of aromatic nitrogens is 2. The highest BCUT2D eigenvalue weighted by Gasteiger charge is 2.20. The van der Waals surface area contributed by atoms with Gasteiger partial charge in [-0.05, 0) is 32.4 Å². The van der Waals surface area contributed by atoms with Crippen molar-refractivity contribution < 1.29 is 0 Å². The number of nitrogens with zero attached hydrogens (tertiary/aromatic N) is 3. The Balaban J connectivity index is 2.02. The molecule has 0 spiro atoms. The maximum atomic E-state index is 12.4. The smallest absolute Gasteiger partial charge is 0.291 e. The zero-order valence-electron chi connectivity index (χ0n) is 12.2. The zero-order valence-corrected chi connectivity index (χ0v) is 13.0. The molecule has 0 aliphatic heterocycles. The van der Waals surface area contributed by atoms with E-state index >= 15 is 0 Å². The molecule has 0 atom stereocenters. The topological polar surface area (TPSA) is 50.2 Å². The zero-order chi connectivity index (χ0) is 14.5. The standard InChI is InChI=1S/C14H23ClN4O/c1-3-18(2)8-7-16-13-12(15)9-17-19(14(13)20)10-11-5-4-6-11/h9,11,16H,3-8,10H2,1-2H3. The van der Waals surface area contributed by atoms with E-state index in [9.17, 15) is 4.79 Å². The van der Waals surface area contributed by atoms with Crippen LogP contribution in [0, 0.1) is 5.92 Å². The van der Waals surface area contributed by atoms with Crippen LogP contribution in [0.4, 0.5) is 5.69 Å². The van der Waals surface area contributed by atoms with Crippen LogP contribution in [0.3, 0.4) is 0 Å². The Kier molecular flexibility index (Phi) is 5.43. The first-order valence-corrected chi connectivity index (χ1v) is 7.67. The van der Waals surface area contributed by atoms with E-state index in [4.69, 9.17) is 11.6 Å². The molecule has 0 amide bonds. The Morgan fingerprint density at radius 1 is 1.55 bits per heavy atom. The largest absolute Gasteiger partial charge is 0.378 e. The number of hydrogen-bond acceptors (Lipinski definition) is 4. The van der Waals surface area contributed by atoms with Crippen molar-refractivity contribution in [3.63, 3.8) is 0 Å². The van der Waals surface area contributed by atoms with Gasteiger partial charge in [0.2, 0.25) is 0 Å². The maximum absolute atomic E-state index is 12.4. The third-order valence-electron chi connectivity index (χ3n) is 3.99. The summed E-state index contributed by atoms with van der Waals surface area (Å²) < 4.78 is 1.54. The van der Waals surface area contributed by atoms with Crippen LogP contribution in [-0.4, -0.2) is 41.4 Å². The summed E-state index contributed by atoms with van der Waals surface area (Å²) in [6.45, 7) is 5.37. The molecule has 6 heteroatoms. The third-order valence-corrected chi connectivity index (χ3v) is 4.28. The number of likely N-dealkylation sites (N-methyl/N-ethyl adjacent to an activating group) is 1. The molecule has 1 aromatic rings. The molecule has 1 aliphatic carbocycles. The summed E-state index contributed by atoms with van der Waals surface area (Å²) in [6.07, 6.45) is 5.22. The third kappa shape index (κ3) is 3.73. The fourth-order valence-corrected chi connectivity index (χ4v) is 2.40. The van der Waals surface area contributed by atoms with E-state index in [1.165, 1.54) is 19.3 Å². The lowest BCUT2D eigenvalue weighted by molar-refractivity contribution is 0.262. The first-order valence-electron chi connectivity index (χ1n) is 7.29. The average Bonchev–Trinajstić information content (AvgIpc) is 2.39. The molecule has 0 unspecified atom stereocenters. The highest BCUT2D eigenvalue weighted by molar-refractivity contribution is 6.32. The first kappa shape index (κ1) is 15.3. The molecule has 20 heavy (non-hydrogen) atoms. The minimum absolute atomic E-state index is 0.108. The van der Waals surface area contributed by atoms with Gasteiger partial charge in [0.1, 0.15) is 5.69 Å². The van der Waals surface area contributed by atoms with Crippen molar-refractivity contribution >= 4 is 17.3 Å². The van der Waals surface area contributed by atoms with E-state index in [0.717, 1.165) is 13.1 Å². The van der Waals surface area contributed by atoms with Gasteiger partial charge in [0, 0.05) is 19.6 Å². The van der Waals surface area contributed by atoms with Crippen molar-refractivity contribution in [1.82, 2.24) is 14.7 Å². The van der Waals surface area contributed by atoms with Gasteiger partial charge in [-0.15, -0.1) is 0 Å². The molecule has 2 rings (SSSR count). The van der Waals surface area contributed by atoms with E-state index < -0.39 is 0 Å². The Bertz CT molecular complexity index is 498. The van der Waals surface area contributed by atoms with Crippen LogP contribution >= 0.6 is 11.6 Å². The van der Waals surface area contributed by atoms with Crippen LogP contribution in [0.15, 0.2) is 11.0 Å². The second kappa shape index (κ2) is 7.09. The molecular formula is C14H23ClN4O. The Labute approximate surface area is 124 Å². The van der Waals surface area contributed by atoms with Crippen LogP contribution in [0.2, 0.25) is 5.02 Å². The highest BCUT2D eigenvalue weighted by Crippen LogP contribution is 2.27. The first-order chi connectivity index (χ1) is 9.61. The molecule has 0 bridgehead atoms. The van der Waals surface area contributed by atoms with Crippen molar-refractivity contribution in [1.29, 1.82) is 0 Å². The number of rotatable bonds is 7. The summed E-state index contributed by atoms with van der Waals surface area (Å²) in [5.41, 5.74) is 0.369. The Hall–Kier alpha value is -1.07. The van der Waals surface area contributed by atoms with E-state index in [-0.39, 0.29) is 5.56 Å². The second-order valence-electron chi connectivity index (χ2n) is 5.47. The summed E-state index contributed by atoms with van der Waals surface area (Å²) in [5, 5.41) is 7.69. The molecule has 112 valence electrons. The van der Waals surface area contributed by atoms with E-state index in [2.05, 4.69) is 22.2 Å². The molecule has 1 fully saturated rings. The summed E-state index contributed by atoms with van der Waals surface area (Å²) in [5.74, 6) is 0.598. The van der Waals surface area contributed by atoms with Crippen LogP contribution in [0.25, 0.3) is 0 Å². The molecule has 5 nitrogen and oxygen atoms in total. The summed E-state index contributed by atoms with van der Waals surface area (Å²) in [7, 11) is 2.05. The lowest BCUT2D eigenvalue weighted by atomic mass is 9.85. The van der Waals surface area contributed by atoms with Gasteiger partial charge < -0.3 is 10.2 Å². The summed E-state index contributed by atoms with van der Waals surface area (Å²) in [4.78, 5) is 14.5. The van der Waals surface area contributed by atoms with E-state index in [0.29, 0.717) is 29.7 Å². The number of halogens is 1. The van der Waals surface area contributed by atoms with Crippen LogP contribution < -0.4 is 10.9 Å². The van der Waals surface area contributed by atoms with Crippen molar-refractivity contribution in [2.24, 2.45) is 5.92 Å². The van der Waals surface area contributed by atoms with Gasteiger partial charge in [0.05, 0.1) is 11.2 Å². The van der Waals surface area contributed by atoms with Gasteiger partial charge in [0.15, 0.2) is 0 Å². The average molecular weight is 299 g/mol. The normalized spacial score (nSPS) is 15.4. The molecular weight excluding hydrogens is 276 g/mol. The van der Waals surface area contributed by atoms with Crippen LogP contribution in [0.5, 0.6) is 0 Å².